The lowest BCUT2D eigenvalue weighted by atomic mass is 10.1. The number of hydrogen-bond donors (Lipinski definition) is 3. The Labute approximate surface area is 173 Å². The molecule has 0 saturated heterocycles. The summed E-state index contributed by atoms with van der Waals surface area (Å²) < 4.78 is 5.64. The maximum Gasteiger partial charge on any atom is 0.251 e. The molecular weight excluding hydrogens is 366 g/mol. The van der Waals surface area contributed by atoms with Crippen molar-refractivity contribution in [1.29, 1.82) is 0 Å². The van der Waals surface area contributed by atoms with E-state index in [2.05, 4.69) is 29.8 Å². The SMILES string of the molecule is CC(C)COc1ccc(NCC(=O)Nc2ccc(C(=O)NC(C)(C)C)cc2)cc1. The zero-order valence-electron chi connectivity index (χ0n) is 17.8. The first kappa shape index (κ1) is 22.3. The van der Waals surface area contributed by atoms with Crippen LogP contribution in [0.4, 0.5) is 11.4 Å². The molecule has 6 nitrogen and oxygen atoms in total. The smallest absolute Gasteiger partial charge is 0.251 e. The van der Waals surface area contributed by atoms with Crippen LogP contribution in [-0.4, -0.2) is 30.5 Å². The van der Waals surface area contributed by atoms with Crippen molar-refractivity contribution in [3.05, 3.63) is 54.1 Å². The molecule has 0 radical (unpaired) electrons. The zero-order chi connectivity index (χ0) is 21.4. The van der Waals surface area contributed by atoms with E-state index in [0.29, 0.717) is 23.8 Å². The van der Waals surface area contributed by atoms with E-state index in [9.17, 15) is 9.59 Å². The van der Waals surface area contributed by atoms with Gasteiger partial charge in [-0.2, -0.15) is 0 Å². The number of benzene rings is 2. The summed E-state index contributed by atoms with van der Waals surface area (Å²) in [6.07, 6.45) is 0. The second-order valence-corrected chi connectivity index (χ2v) is 8.41. The fraction of sp³-hybridized carbons (Fsp3) is 0.391. The molecular formula is C23H31N3O3. The average Bonchev–Trinajstić information content (AvgIpc) is 2.64. The van der Waals surface area contributed by atoms with Crippen molar-refractivity contribution in [2.45, 2.75) is 40.2 Å². The van der Waals surface area contributed by atoms with E-state index in [1.165, 1.54) is 0 Å². The quantitative estimate of drug-likeness (QED) is 0.620. The Kier molecular flexibility index (Phi) is 7.65. The molecule has 29 heavy (non-hydrogen) atoms. The van der Waals surface area contributed by atoms with Crippen LogP contribution in [0.3, 0.4) is 0 Å². The average molecular weight is 398 g/mol. The van der Waals surface area contributed by atoms with E-state index in [4.69, 9.17) is 4.74 Å². The molecule has 0 aliphatic heterocycles. The van der Waals surface area contributed by atoms with Gasteiger partial charge in [0.05, 0.1) is 13.2 Å². The maximum atomic E-state index is 12.2. The van der Waals surface area contributed by atoms with Crippen molar-refractivity contribution >= 4 is 23.2 Å². The molecule has 2 aromatic carbocycles. The van der Waals surface area contributed by atoms with E-state index >= 15 is 0 Å². The van der Waals surface area contributed by atoms with E-state index in [1.54, 1.807) is 24.3 Å². The molecule has 0 spiro atoms. The minimum atomic E-state index is -0.297. The molecule has 0 fully saturated rings. The van der Waals surface area contributed by atoms with E-state index in [1.807, 2.05) is 45.0 Å². The molecule has 0 saturated carbocycles. The van der Waals surface area contributed by atoms with Crippen molar-refractivity contribution in [2.75, 3.05) is 23.8 Å². The lowest BCUT2D eigenvalue weighted by Crippen LogP contribution is -2.40. The van der Waals surface area contributed by atoms with Crippen LogP contribution >= 0.6 is 0 Å². The third kappa shape index (κ3) is 8.25. The molecule has 0 unspecified atom stereocenters. The minimum absolute atomic E-state index is 0.137. The number of hydrogen-bond acceptors (Lipinski definition) is 4. The Hall–Kier alpha value is -3.02. The predicted molar refractivity (Wildman–Crippen MR) is 118 cm³/mol. The van der Waals surface area contributed by atoms with Crippen molar-refractivity contribution in [1.82, 2.24) is 5.32 Å². The van der Waals surface area contributed by atoms with Gasteiger partial charge >= 0.3 is 0 Å². The van der Waals surface area contributed by atoms with Crippen molar-refractivity contribution in [3.63, 3.8) is 0 Å². The van der Waals surface area contributed by atoms with Crippen LogP contribution in [0.15, 0.2) is 48.5 Å². The molecule has 0 heterocycles. The highest BCUT2D eigenvalue weighted by Gasteiger charge is 2.15. The number of nitrogens with one attached hydrogen (secondary N) is 3. The van der Waals surface area contributed by atoms with Crippen LogP contribution in [0.2, 0.25) is 0 Å². The summed E-state index contributed by atoms with van der Waals surface area (Å²) in [5.41, 5.74) is 1.73. The van der Waals surface area contributed by atoms with Gasteiger partial charge in [0.15, 0.2) is 0 Å². The van der Waals surface area contributed by atoms with Gasteiger partial charge in [-0.05, 0) is 75.2 Å². The van der Waals surface area contributed by atoms with Crippen LogP contribution < -0.4 is 20.7 Å². The van der Waals surface area contributed by atoms with Crippen molar-refractivity contribution < 1.29 is 14.3 Å². The standard InChI is InChI=1S/C23H31N3O3/c1-16(2)15-29-20-12-10-18(11-13-20)24-14-21(27)25-19-8-6-17(7-9-19)22(28)26-23(3,4)5/h6-13,16,24H,14-15H2,1-5H3,(H,25,27)(H,26,28). The van der Waals surface area contributed by atoms with Gasteiger partial charge in [0.2, 0.25) is 5.91 Å². The second-order valence-electron chi connectivity index (χ2n) is 8.41. The normalized spacial score (nSPS) is 11.1. The van der Waals surface area contributed by atoms with Gasteiger partial charge < -0.3 is 20.7 Å². The molecule has 2 rings (SSSR count). The Morgan fingerprint density at radius 2 is 1.52 bits per heavy atom. The first-order valence-electron chi connectivity index (χ1n) is 9.81. The van der Waals surface area contributed by atoms with Crippen LogP contribution in [0, 0.1) is 5.92 Å². The predicted octanol–water partition coefficient (Wildman–Crippen LogP) is 4.30. The summed E-state index contributed by atoms with van der Waals surface area (Å²) in [6, 6.07) is 14.3. The Bertz CT molecular complexity index is 807. The number of amides is 2. The number of anilines is 2. The first-order chi connectivity index (χ1) is 13.6. The molecule has 2 aromatic rings. The molecule has 0 aliphatic rings. The van der Waals surface area contributed by atoms with Gasteiger partial charge in [-0.1, -0.05) is 13.8 Å². The number of rotatable bonds is 8. The van der Waals surface area contributed by atoms with Crippen LogP contribution in [-0.2, 0) is 4.79 Å². The third-order valence-electron chi connectivity index (χ3n) is 3.81. The molecule has 156 valence electrons. The number of carbonyl (C=O) groups excluding carboxylic acids is 2. The summed E-state index contributed by atoms with van der Waals surface area (Å²) in [6.45, 7) is 10.8. The van der Waals surface area contributed by atoms with E-state index < -0.39 is 0 Å². The Balaban J connectivity index is 1.81. The topological polar surface area (TPSA) is 79.5 Å². The summed E-state index contributed by atoms with van der Waals surface area (Å²) in [7, 11) is 0. The first-order valence-corrected chi connectivity index (χ1v) is 9.81. The lowest BCUT2D eigenvalue weighted by Gasteiger charge is -2.20. The highest BCUT2D eigenvalue weighted by molar-refractivity contribution is 5.96. The lowest BCUT2D eigenvalue weighted by molar-refractivity contribution is -0.114. The van der Waals surface area contributed by atoms with E-state index in [-0.39, 0.29) is 23.9 Å². The van der Waals surface area contributed by atoms with Gasteiger partial charge in [-0.15, -0.1) is 0 Å². The van der Waals surface area contributed by atoms with Crippen LogP contribution in [0.5, 0.6) is 5.75 Å². The fourth-order valence-electron chi connectivity index (χ4n) is 2.44. The van der Waals surface area contributed by atoms with E-state index in [0.717, 1.165) is 11.4 Å². The number of carbonyl (C=O) groups is 2. The van der Waals surface area contributed by atoms with Crippen LogP contribution in [0.1, 0.15) is 45.0 Å². The van der Waals surface area contributed by atoms with Crippen LogP contribution in [0.25, 0.3) is 0 Å². The molecule has 0 aromatic heterocycles. The highest BCUT2D eigenvalue weighted by atomic mass is 16.5. The van der Waals surface area contributed by atoms with Crippen molar-refractivity contribution in [2.24, 2.45) is 5.92 Å². The molecule has 0 atom stereocenters. The van der Waals surface area contributed by atoms with Gasteiger partial charge in [0, 0.05) is 22.5 Å². The summed E-state index contributed by atoms with van der Waals surface area (Å²) in [4.78, 5) is 24.3. The highest BCUT2D eigenvalue weighted by Crippen LogP contribution is 2.16. The zero-order valence-corrected chi connectivity index (χ0v) is 17.8. The fourth-order valence-corrected chi connectivity index (χ4v) is 2.44. The second kappa shape index (κ2) is 9.96. The van der Waals surface area contributed by atoms with Gasteiger partial charge in [-0.3, -0.25) is 9.59 Å². The van der Waals surface area contributed by atoms with Gasteiger partial charge in [-0.25, -0.2) is 0 Å². The Morgan fingerprint density at radius 1 is 0.931 bits per heavy atom. The molecule has 0 bridgehead atoms. The van der Waals surface area contributed by atoms with Gasteiger partial charge in [0.25, 0.3) is 5.91 Å². The largest absolute Gasteiger partial charge is 0.493 e. The minimum Gasteiger partial charge on any atom is -0.493 e. The third-order valence-corrected chi connectivity index (χ3v) is 3.81. The monoisotopic (exact) mass is 397 g/mol. The molecule has 6 heteroatoms. The molecule has 2 amide bonds. The maximum absolute atomic E-state index is 12.2. The Morgan fingerprint density at radius 3 is 2.07 bits per heavy atom. The summed E-state index contributed by atoms with van der Waals surface area (Å²) in [5, 5.41) is 8.80. The van der Waals surface area contributed by atoms with Gasteiger partial charge in [0.1, 0.15) is 5.75 Å². The number of ether oxygens (including phenoxy) is 1. The van der Waals surface area contributed by atoms with Crippen molar-refractivity contribution in [3.8, 4) is 5.75 Å². The molecule has 3 N–H and O–H groups in total. The molecule has 0 aliphatic carbocycles. The summed E-state index contributed by atoms with van der Waals surface area (Å²) >= 11 is 0. The summed E-state index contributed by atoms with van der Waals surface area (Å²) in [5.74, 6) is 0.970.